The predicted octanol–water partition coefficient (Wildman–Crippen LogP) is 2.45. The zero-order valence-electron chi connectivity index (χ0n) is 14.2. The third-order valence-electron chi connectivity index (χ3n) is 3.79. The zero-order valence-corrected chi connectivity index (χ0v) is 17.4. The fourth-order valence-electron chi connectivity index (χ4n) is 2.55. The van der Waals surface area contributed by atoms with E-state index in [-0.39, 0.29) is 5.91 Å². The third-order valence-corrected chi connectivity index (χ3v) is 5.63. The number of amides is 1. The average molecular weight is 474 g/mol. The molecule has 1 aromatic carbocycles. The smallest absolute Gasteiger partial charge is 0.0211 e. The molecule has 2 aliphatic rings. The number of hydrogen-bond acceptors (Lipinski definition) is 4. The average Bonchev–Trinajstić information content (AvgIpc) is 3.31. The second-order valence-corrected chi connectivity index (χ2v) is 11.4. The van der Waals surface area contributed by atoms with Gasteiger partial charge < -0.3 is 10.6 Å². The molecule has 2 saturated heterocycles. The molecule has 1 unspecified atom stereocenters. The van der Waals surface area contributed by atoms with Crippen molar-refractivity contribution in [1.82, 2.24) is 15.5 Å². The Balaban J connectivity index is 0.000000386. The van der Waals surface area contributed by atoms with Gasteiger partial charge in [0.2, 0.25) is 0 Å². The van der Waals surface area contributed by atoms with E-state index in [0.717, 1.165) is 44.6 Å². The summed E-state index contributed by atoms with van der Waals surface area (Å²) in [5.41, 5.74) is 0.859. The topological polar surface area (TPSA) is 53.6 Å². The molecule has 5 nitrogen and oxygen atoms in total. The molecule has 2 aliphatic heterocycles. The molecule has 1 aromatic rings. The summed E-state index contributed by atoms with van der Waals surface area (Å²) in [7, 11) is 11.8. The minimum absolute atomic E-state index is 0.0447. The van der Waals surface area contributed by atoms with Crippen LogP contribution in [-0.2, 0) is 18.3 Å². The maximum atomic E-state index is 12.2. The van der Waals surface area contributed by atoms with E-state index in [1.807, 2.05) is 40.4 Å². The van der Waals surface area contributed by atoms with Crippen molar-refractivity contribution >= 4 is 29.9 Å². The minimum atomic E-state index is -1.91. The number of likely N-dealkylation sites (tertiary alicyclic amines) is 1. The quantitative estimate of drug-likeness (QED) is 0.520. The SMILES string of the molecule is CC(Oc1ccccc1[CH]=[Ru]([Cl])[Cl])C(=O)N1CCCC1.[CH-]1NCCN1. The number of nitrogens with one attached hydrogen (secondary N) is 2. The van der Waals surface area contributed by atoms with Gasteiger partial charge in [0.05, 0.1) is 0 Å². The maximum Gasteiger partial charge on any atom is -0.0211 e. The Hall–Kier alpha value is -0.517. The Morgan fingerprint density at radius 3 is 2.48 bits per heavy atom. The first kappa shape index (κ1) is 20.8. The van der Waals surface area contributed by atoms with Crippen LogP contribution in [0.1, 0.15) is 25.3 Å². The van der Waals surface area contributed by atoms with E-state index in [1.165, 1.54) is 0 Å². The predicted molar refractivity (Wildman–Crippen MR) is 99.5 cm³/mol. The molecule has 0 saturated carbocycles. The molecule has 8 heteroatoms. The summed E-state index contributed by atoms with van der Waals surface area (Å²) in [5.74, 6) is 0.704. The van der Waals surface area contributed by atoms with Gasteiger partial charge in [-0.05, 0) is 13.1 Å². The molecule has 3 rings (SSSR count). The van der Waals surface area contributed by atoms with Gasteiger partial charge in [0.15, 0.2) is 0 Å². The van der Waals surface area contributed by atoms with Crippen LogP contribution in [0.3, 0.4) is 0 Å². The summed E-state index contributed by atoms with van der Waals surface area (Å²) >= 11 is -1.91. The van der Waals surface area contributed by atoms with Crippen LogP contribution in [0.2, 0.25) is 0 Å². The van der Waals surface area contributed by atoms with Crippen molar-refractivity contribution in [3.63, 3.8) is 0 Å². The van der Waals surface area contributed by atoms with Crippen molar-refractivity contribution in [2.45, 2.75) is 25.9 Å². The molecule has 0 aliphatic carbocycles. The van der Waals surface area contributed by atoms with Crippen molar-refractivity contribution < 1.29 is 23.0 Å². The number of halogens is 2. The first-order valence-electron chi connectivity index (χ1n) is 8.24. The largest absolute Gasteiger partial charge is 0.455 e. The zero-order chi connectivity index (χ0) is 18.1. The third kappa shape index (κ3) is 7.32. The fraction of sp³-hybridized carbons (Fsp3) is 0.471. The summed E-state index contributed by atoms with van der Waals surface area (Å²) < 4.78 is 7.63. The number of nitrogens with zero attached hydrogens (tertiary/aromatic N) is 1. The van der Waals surface area contributed by atoms with Gasteiger partial charge in [-0.25, -0.2) is 6.67 Å². The van der Waals surface area contributed by atoms with Crippen LogP contribution < -0.4 is 15.4 Å². The molecule has 1 amide bonds. The van der Waals surface area contributed by atoms with Crippen LogP contribution in [0.25, 0.3) is 0 Å². The van der Waals surface area contributed by atoms with Crippen LogP contribution in [0.5, 0.6) is 5.75 Å². The van der Waals surface area contributed by atoms with Crippen molar-refractivity contribution in [1.29, 1.82) is 0 Å². The van der Waals surface area contributed by atoms with E-state index < -0.39 is 19.6 Å². The Morgan fingerprint density at radius 2 is 1.92 bits per heavy atom. The van der Waals surface area contributed by atoms with Crippen LogP contribution in [0, 0.1) is 6.67 Å². The van der Waals surface area contributed by atoms with Gasteiger partial charge in [0.25, 0.3) is 0 Å². The van der Waals surface area contributed by atoms with E-state index in [2.05, 4.69) is 10.6 Å². The van der Waals surface area contributed by atoms with Gasteiger partial charge in [-0.15, -0.1) is 0 Å². The fourth-order valence-corrected chi connectivity index (χ4v) is 4.36. The van der Waals surface area contributed by atoms with Crippen molar-refractivity contribution in [3.8, 4) is 5.75 Å². The Kier molecular flexibility index (Phi) is 9.36. The Morgan fingerprint density at radius 1 is 1.28 bits per heavy atom. The molecule has 142 valence electrons. The second kappa shape index (κ2) is 11.3. The van der Waals surface area contributed by atoms with E-state index in [0.29, 0.717) is 5.75 Å². The van der Waals surface area contributed by atoms with E-state index in [9.17, 15) is 4.79 Å². The maximum absolute atomic E-state index is 12.2. The van der Waals surface area contributed by atoms with Crippen LogP contribution in [0.4, 0.5) is 0 Å². The summed E-state index contributed by atoms with van der Waals surface area (Å²) in [5, 5.41) is 5.97. The van der Waals surface area contributed by atoms with E-state index >= 15 is 0 Å². The molecular formula is C17H24Cl2N3O2Ru-. The first-order chi connectivity index (χ1) is 12.1. The molecule has 2 fully saturated rings. The Bertz CT molecular complexity index is 579. The van der Waals surface area contributed by atoms with Gasteiger partial charge in [0.1, 0.15) is 0 Å². The van der Waals surface area contributed by atoms with Gasteiger partial charge >= 0.3 is 132 Å². The second-order valence-electron chi connectivity index (χ2n) is 5.69. The van der Waals surface area contributed by atoms with Crippen LogP contribution in [-0.4, -0.2) is 47.7 Å². The Labute approximate surface area is 162 Å². The molecule has 2 heterocycles. The minimum Gasteiger partial charge on any atom is -0.455 e. The molecular weight excluding hydrogens is 450 g/mol. The van der Waals surface area contributed by atoms with E-state index in [1.54, 1.807) is 6.92 Å². The van der Waals surface area contributed by atoms with Crippen molar-refractivity contribution in [3.05, 3.63) is 36.5 Å². The molecule has 25 heavy (non-hydrogen) atoms. The first-order valence-corrected chi connectivity index (χ1v) is 13.7. The number of hydrogen-bond donors (Lipinski definition) is 2. The van der Waals surface area contributed by atoms with Crippen LogP contribution >= 0.6 is 19.4 Å². The summed E-state index contributed by atoms with van der Waals surface area (Å²) in [4.78, 5) is 14.1. The van der Waals surface area contributed by atoms with Gasteiger partial charge in [0, 0.05) is 0 Å². The standard InChI is InChI=1S/C14H17NO2.C3H7N2.2ClH.Ru/c1-11-7-3-4-8-13(11)17-12(2)14(16)15-9-5-6-10-15;1-2-5-3-4-1;;;/h1,3-4,7-8,12H,5-6,9-10H2,2H3;3-5H,1-2H2;2*1H;/q;-1;;;+2/p-2. The van der Waals surface area contributed by atoms with Gasteiger partial charge in [-0.3, -0.25) is 0 Å². The number of rotatable bonds is 4. The molecule has 0 spiro atoms. The number of carbonyl (C=O) groups excluding carboxylic acids is 1. The summed E-state index contributed by atoms with van der Waals surface area (Å²) in [6.07, 6.45) is 1.66. The molecule has 0 radical (unpaired) electrons. The van der Waals surface area contributed by atoms with Gasteiger partial charge in [-0.2, -0.15) is 0 Å². The van der Waals surface area contributed by atoms with E-state index in [4.69, 9.17) is 24.1 Å². The monoisotopic (exact) mass is 474 g/mol. The normalized spacial score (nSPS) is 18.2. The number of ether oxygens (including phenoxy) is 1. The number of para-hydroxylation sites is 1. The van der Waals surface area contributed by atoms with Crippen molar-refractivity contribution in [2.24, 2.45) is 0 Å². The number of benzene rings is 1. The molecule has 0 bridgehead atoms. The number of carbonyl (C=O) groups is 1. The molecule has 1 atom stereocenters. The van der Waals surface area contributed by atoms with Crippen molar-refractivity contribution in [2.75, 3.05) is 26.2 Å². The molecule has 2 N–H and O–H groups in total. The molecule has 0 aromatic heterocycles. The summed E-state index contributed by atoms with van der Waals surface area (Å²) in [6, 6.07) is 7.51. The summed E-state index contributed by atoms with van der Waals surface area (Å²) in [6.45, 7) is 7.48. The van der Waals surface area contributed by atoms with Crippen LogP contribution in [0.15, 0.2) is 24.3 Å². The van der Waals surface area contributed by atoms with Gasteiger partial charge in [-0.1, -0.05) is 0 Å².